The van der Waals surface area contributed by atoms with E-state index < -0.39 is 17.9 Å². The molecule has 7 heteroatoms. The molecule has 2 atom stereocenters. The van der Waals surface area contributed by atoms with Gasteiger partial charge in [-0.15, -0.1) is 0 Å². The Morgan fingerprint density at radius 1 is 0.782 bits per heavy atom. The molecule has 2 N–H and O–H groups in total. The number of aromatic amines is 1. The van der Waals surface area contributed by atoms with Gasteiger partial charge in [-0.25, -0.2) is 4.98 Å². The molecule has 0 bridgehead atoms. The van der Waals surface area contributed by atoms with E-state index in [1.165, 1.54) is 11.1 Å². The van der Waals surface area contributed by atoms with Crippen molar-refractivity contribution in [1.29, 1.82) is 0 Å². The summed E-state index contributed by atoms with van der Waals surface area (Å²) in [6, 6.07) is 44.2. The summed E-state index contributed by atoms with van der Waals surface area (Å²) in [7, 11) is 0. The molecule has 55 heavy (non-hydrogen) atoms. The average Bonchev–Trinajstić information content (AvgIpc) is 3.98. The van der Waals surface area contributed by atoms with Crippen LogP contribution in [0.1, 0.15) is 72.3 Å². The number of nitrogens with zero attached hydrogens (tertiary/aromatic N) is 1. The van der Waals surface area contributed by atoms with Gasteiger partial charge in [-0.05, 0) is 56.5 Å². The Hall–Kier alpha value is -6.05. The van der Waals surface area contributed by atoms with Crippen molar-refractivity contribution in [1.82, 2.24) is 15.3 Å². The molecule has 0 saturated carbocycles. The highest BCUT2D eigenvalue weighted by atomic mass is 16.5. The molecule has 0 aliphatic heterocycles. The Morgan fingerprint density at radius 3 is 2.11 bits per heavy atom. The third kappa shape index (κ3) is 8.69. The number of esters is 1. The van der Waals surface area contributed by atoms with E-state index in [0.717, 1.165) is 51.1 Å². The fourth-order valence-corrected chi connectivity index (χ4v) is 7.55. The lowest BCUT2D eigenvalue weighted by Crippen LogP contribution is -2.38. The molecule has 0 fully saturated rings. The summed E-state index contributed by atoms with van der Waals surface area (Å²) < 4.78 is 12.1. The van der Waals surface area contributed by atoms with Crippen LogP contribution in [0.3, 0.4) is 0 Å². The molecule has 6 aromatic rings. The van der Waals surface area contributed by atoms with Crippen LogP contribution in [0.4, 0.5) is 0 Å². The molecule has 2 aliphatic rings. The number of hydrogen-bond donors (Lipinski definition) is 2. The number of hydrogen-bond acceptors (Lipinski definition) is 5. The van der Waals surface area contributed by atoms with Crippen LogP contribution >= 0.6 is 0 Å². The first-order chi connectivity index (χ1) is 27.1. The van der Waals surface area contributed by atoms with Gasteiger partial charge in [0.1, 0.15) is 12.4 Å². The average molecular weight is 730 g/mol. The zero-order valence-corrected chi connectivity index (χ0v) is 31.4. The maximum atomic E-state index is 14.3. The molecule has 7 nitrogen and oxygen atoms in total. The van der Waals surface area contributed by atoms with Gasteiger partial charge in [-0.2, -0.15) is 0 Å². The molecule has 278 valence electrons. The van der Waals surface area contributed by atoms with E-state index in [-0.39, 0.29) is 31.5 Å². The maximum Gasteiger partial charge on any atom is 0.306 e. The maximum absolute atomic E-state index is 14.3. The second-order valence-electron chi connectivity index (χ2n) is 13.7. The quantitative estimate of drug-likeness (QED) is 0.109. The number of aromatic nitrogens is 2. The summed E-state index contributed by atoms with van der Waals surface area (Å²) in [4.78, 5) is 36.2. The number of H-pyrrole nitrogens is 1. The molecule has 1 aromatic heterocycles. The summed E-state index contributed by atoms with van der Waals surface area (Å²) in [6.45, 7) is 4.56. The Bertz CT molecular complexity index is 2200. The van der Waals surface area contributed by atoms with Gasteiger partial charge in [0.2, 0.25) is 5.91 Å². The number of carbonyl (C=O) groups is 2. The lowest BCUT2D eigenvalue weighted by molar-refractivity contribution is -0.148. The van der Waals surface area contributed by atoms with Gasteiger partial charge in [0.15, 0.2) is 0 Å². The minimum absolute atomic E-state index is 0.0522. The Labute approximate surface area is 323 Å². The monoisotopic (exact) mass is 729 g/mol. The van der Waals surface area contributed by atoms with Crippen molar-refractivity contribution in [3.8, 4) is 22.4 Å². The van der Waals surface area contributed by atoms with Crippen LogP contribution in [0.5, 0.6) is 0 Å². The lowest BCUT2D eigenvalue weighted by atomic mass is 9.97. The van der Waals surface area contributed by atoms with Crippen LogP contribution in [-0.4, -0.2) is 35.1 Å². The summed E-state index contributed by atoms with van der Waals surface area (Å²) >= 11 is 0. The van der Waals surface area contributed by atoms with Crippen LogP contribution in [0, 0.1) is 5.92 Å². The topological polar surface area (TPSA) is 93.3 Å². The molecule has 0 unspecified atom stereocenters. The number of allylic oxidation sites excluding steroid dienone is 1. The zero-order valence-electron chi connectivity index (χ0n) is 31.4. The van der Waals surface area contributed by atoms with Crippen LogP contribution in [-0.2, 0) is 32.1 Å². The number of benzene rings is 5. The van der Waals surface area contributed by atoms with Crippen molar-refractivity contribution in [2.45, 2.75) is 51.7 Å². The summed E-state index contributed by atoms with van der Waals surface area (Å²) in [5.41, 5.74) is 11.1. The normalized spacial score (nSPS) is 13.7. The van der Waals surface area contributed by atoms with Crippen LogP contribution in [0.2, 0.25) is 0 Å². The fraction of sp³-hybridized carbons (Fsp3) is 0.229. The summed E-state index contributed by atoms with van der Waals surface area (Å²) in [5.74, 6) is -0.944. The first-order valence-corrected chi connectivity index (χ1v) is 19.2. The molecule has 1 heterocycles. The lowest BCUT2D eigenvalue weighted by Gasteiger charge is -2.23. The molecule has 1 amide bonds. The Kier molecular flexibility index (Phi) is 12.1. The predicted molar refractivity (Wildman–Crippen MR) is 218 cm³/mol. The van der Waals surface area contributed by atoms with E-state index in [1.54, 1.807) is 6.20 Å². The van der Waals surface area contributed by atoms with Gasteiger partial charge in [0.25, 0.3) is 0 Å². The molecule has 2 aliphatic carbocycles. The molecule has 0 spiro atoms. The van der Waals surface area contributed by atoms with Crippen molar-refractivity contribution in [3.05, 3.63) is 179 Å². The van der Waals surface area contributed by atoms with Gasteiger partial charge in [-0.3, -0.25) is 9.59 Å². The van der Waals surface area contributed by atoms with E-state index >= 15 is 0 Å². The SMILES string of the molecule is CC.O=C(C[C@H](COCc1ccccc1)C(=O)N[C@H](CC1=CCc2ccccc21)c1ncc(-c2ccccc2)[nH]1)OCC1c2ccccc2-c2ccccc21. The minimum atomic E-state index is -0.787. The first kappa shape index (κ1) is 37.3. The van der Waals surface area contributed by atoms with Crippen molar-refractivity contribution in [2.24, 2.45) is 5.92 Å². The molecule has 0 radical (unpaired) electrons. The van der Waals surface area contributed by atoms with Crippen LogP contribution < -0.4 is 5.32 Å². The Balaban J connectivity index is 0.00000229. The van der Waals surface area contributed by atoms with E-state index in [4.69, 9.17) is 14.5 Å². The molecule has 5 aromatic carbocycles. The zero-order chi connectivity index (χ0) is 38.0. The van der Waals surface area contributed by atoms with Crippen molar-refractivity contribution in [3.63, 3.8) is 0 Å². The molecular formula is C48H47N3O4. The smallest absolute Gasteiger partial charge is 0.306 e. The number of nitrogens with one attached hydrogen (secondary N) is 2. The second-order valence-corrected chi connectivity index (χ2v) is 13.7. The molecule has 8 rings (SSSR count). The molecule has 0 saturated heterocycles. The fourth-order valence-electron chi connectivity index (χ4n) is 7.55. The van der Waals surface area contributed by atoms with Gasteiger partial charge < -0.3 is 19.8 Å². The minimum Gasteiger partial charge on any atom is -0.465 e. The van der Waals surface area contributed by atoms with Crippen LogP contribution in [0.25, 0.3) is 28.0 Å². The number of rotatable bonds is 14. The number of carbonyl (C=O) groups excluding carboxylic acids is 2. The Morgan fingerprint density at radius 2 is 1.40 bits per heavy atom. The van der Waals surface area contributed by atoms with Crippen molar-refractivity contribution >= 4 is 17.4 Å². The number of ether oxygens (including phenoxy) is 2. The second kappa shape index (κ2) is 17.9. The molecular weight excluding hydrogens is 683 g/mol. The number of fused-ring (bicyclic) bond motifs is 4. The summed E-state index contributed by atoms with van der Waals surface area (Å²) in [5, 5.41) is 3.27. The van der Waals surface area contributed by atoms with Gasteiger partial charge in [0.05, 0.1) is 43.5 Å². The highest BCUT2D eigenvalue weighted by Gasteiger charge is 2.32. The van der Waals surface area contributed by atoms with Crippen LogP contribution in [0.15, 0.2) is 146 Å². The van der Waals surface area contributed by atoms with Gasteiger partial charge >= 0.3 is 5.97 Å². The van der Waals surface area contributed by atoms with E-state index in [0.29, 0.717) is 18.9 Å². The summed E-state index contributed by atoms with van der Waals surface area (Å²) in [6.07, 6.45) is 5.28. The van der Waals surface area contributed by atoms with E-state index in [1.807, 2.05) is 105 Å². The van der Waals surface area contributed by atoms with E-state index in [9.17, 15) is 9.59 Å². The van der Waals surface area contributed by atoms with Gasteiger partial charge in [0, 0.05) is 12.3 Å². The van der Waals surface area contributed by atoms with Gasteiger partial charge in [-0.1, -0.05) is 153 Å². The van der Waals surface area contributed by atoms with Crippen molar-refractivity contribution in [2.75, 3.05) is 13.2 Å². The number of imidazole rings is 1. The van der Waals surface area contributed by atoms with Crippen molar-refractivity contribution < 1.29 is 19.1 Å². The predicted octanol–water partition coefficient (Wildman–Crippen LogP) is 9.87. The standard InChI is InChI=1S/C46H41N3O4.C2H6/c50-44(53-30-41-39-21-11-9-19-37(39)38-20-10-12-22-40(38)41)26-35(29-52-28-31-13-3-1-4-14-31)46(51)49-42(25-34-24-23-32-15-7-8-18-36(32)34)45-47-27-43(48-45)33-16-5-2-6-17-33;1-2/h1-22,24,27,35,41-42H,23,25-26,28-30H2,(H,47,48)(H,49,51);1-2H3/t35-,42-;/m1./s1. The first-order valence-electron chi connectivity index (χ1n) is 19.2. The third-order valence-corrected chi connectivity index (χ3v) is 10.3. The number of amides is 1. The highest BCUT2D eigenvalue weighted by Crippen LogP contribution is 2.44. The van der Waals surface area contributed by atoms with E-state index in [2.05, 4.69) is 58.8 Å². The third-order valence-electron chi connectivity index (χ3n) is 10.3. The highest BCUT2D eigenvalue weighted by molar-refractivity contribution is 5.85. The largest absolute Gasteiger partial charge is 0.465 e.